The van der Waals surface area contributed by atoms with Gasteiger partial charge in [-0.15, -0.1) is 0 Å². The van der Waals surface area contributed by atoms with Crippen LogP contribution in [0.1, 0.15) is 75.6 Å². The van der Waals surface area contributed by atoms with Crippen molar-refractivity contribution in [3.8, 4) is 5.75 Å². The summed E-state index contributed by atoms with van der Waals surface area (Å²) < 4.78 is 64.3. The van der Waals surface area contributed by atoms with Gasteiger partial charge in [0, 0.05) is 18.7 Å². The average Bonchev–Trinajstić information content (AvgIpc) is 3.27. The second-order valence-electron chi connectivity index (χ2n) is 8.44. The topological polar surface area (TPSA) is 54.7 Å². The molecule has 1 atom stereocenters. The van der Waals surface area contributed by atoms with Crippen molar-refractivity contribution in [2.24, 2.45) is 0 Å². The molecule has 2 aromatic rings. The number of amides is 1. The van der Waals surface area contributed by atoms with Crippen molar-refractivity contribution in [1.29, 1.82) is 0 Å². The number of carbonyl (C=O) groups is 1. The summed E-state index contributed by atoms with van der Waals surface area (Å²) in [6.07, 6.45) is 6.85. The zero-order valence-electron chi connectivity index (χ0n) is 20.1. The second-order valence-corrected chi connectivity index (χ2v) is 8.44. The molecule has 0 aliphatic heterocycles. The Hall–Kier alpha value is -2.55. The van der Waals surface area contributed by atoms with Gasteiger partial charge in [0.05, 0.1) is 0 Å². The van der Waals surface area contributed by atoms with Crippen LogP contribution >= 0.6 is 0 Å². The van der Waals surface area contributed by atoms with E-state index >= 15 is 0 Å². The lowest BCUT2D eigenvalue weighted by molar-refractivity contribution is 0.0896. The monoisotopic (exact) mass is 486 g/mol. The van der Waals surface area contributed by atoms with Gasteiger partial charge in [-0.1, -0.05) is 39.5 Å². The van der Waals surface area contributed by atoms with Crippen molar-refractivity contribution in [3.05, 3.63) is 53.0 Å². The van der Waals surface area contributed by atoms with Crippen molar-refractivity contribution < 1.29 is 31.5 Å². The van der Waals surface area contributed by atoms with Gasteiger partial charge in [0.2, 0.25) is 11.6 Å². The maximum Gasteiger partial charge on any atom is 0.287 e. The molecule has 0 saturated heterocycles. The van der Waals surface area contributed by atoms with E-state index in [1.807, 2.05) is 6.92 Å². The van der Waals surface area contributed by atoms with E-state index in [4.69, 9.17) is 9.15 Å². The lowest BCUT2D eigenvalue weighted by atomic mass is 10.2. The minimum atomic E-state index is -1.64. The van der Waals surface area contributed by atoms with E-state index in [-0.39, 0.29) is 23.6 Å². The molecule has 1 amide bonds. The fourth-order valence-corrected chi connectivity index (χ4v) is 3.59. The molecule has 1 heterocycles. The molecule has 0 saturated carbocycles. The van der Waals surface area contributed by atoms with Gasteiger partial charge in [0.25, 0.3) is 5.91 Å². The molecule has 1 N–H and O–H groups in total. The Morgan fingerprint density at radius 1 is 1.00 bits per heavy atom. The summed E-state index contributed by atoms with van der Waals surface area (Å²) in [7, 11) is 0. The van der Waals surface area contributed by atoms with E-state index in [1.54, 1.807) is 0 Å². The zero-order chi connectivity index (χ0) is 25.1. The van der Waals surface area contributed by atoms with Gasteiger partial charge in [0.15, 0.2) is 23.1 Å². The molecule has 0 aliphatic carbocycles. The lowest BCUT2D eigenvalue weighted by Gasteiger charge is -2.26. The Balaban J connectivity index is 1.91. The van der Waals surface area contributed by atoms with E-state index in [0.717, 1.165) is 38.8 Å². The van der Waals surface area contributed by atoms with Crippen LogP contribution in [0, 0.1) is 23.3 Å². The fraction of sp³-hybridized carbons (Fsp3) is 0.560. The predicted molar refractivity (Wildman–Crippen MR) is 122 cm³/mol. The first-order valence-corrected chi connectivity index (χ1v) is 11.8. The standard InChI is InChI=1S/C25H34F4N2O3/c1-4-6-8-12-31(13-9-7-5-2)15-17(3)30-25(32)21-11-10-18(34-21)16-33-24-22(28)19(26)14-20(27)23(24)29/h10-11,14,17H,4-9,12-13,15-16H2,1-3H3,(H,30,32). The molecular formula is C25H34F4N2O3. The molecular weight excluding hydrogens is 452 g/mol. The van der Waals surface area contributed by atoms with Crippen LogP contribution in [-0.2, 0) is 6.61 Å². The molecule has 0 spiro atoms. The molecule has 5 nitrogen and oxygen atoms in total. The van der Waals surface area contributed by atoms with Gasteiger partial charge < -0.3 is 19.4 Å². The van der Waals surface area contributed by atoms with Gasteiger partial charge in [-0.3, -0.25) is 4.79 Å². The van der Waals surface area contributed by atoms with Crippen LogP contribution in [0.15, 0.2) is 22.6 Å². The third-order valence-electron chi connectivity index (χ3n) is 5.38. The Morgan fingerprint density at radius 3 is 2.15 bits per heavy atom. The molecule has 0 aliphatic rings. The van der Waals surface area contributed by atoms with E-state index in [2.05, 4.69) is 24.1 Å². The zero-order valence-corrected chi connectivity index (χ0v) is 20.1. The van der Waals surface area contributed by atoms with Crippen molar-refractivity contribution in [2.75, 3.05) is 19.6 Å². The number of unbranched alkanes of at least 4 members (excludes halogenated alkanes) is 4. The quantitative estimate of drug-likeness (QED) is 0.185. The maximum atomic E-state index is 13.7. The molecule has 9 heteroatoms. The van der Waals surface area contributed by atoms with E-state index < -0.39 is 41.5 Å². The number of hydrogen-bond donors (Lipinski definition) is 1. The molecule has 34 heavy (non-hydrogen) atoms. The average molecular weight is 487 g/mol. The van der Waals surface area contributed by atoms with Crippen LogP contribution in [0.4, 0.5) is 17.6 Å². The van der Waals surface area contributed by atoms with Gasteiger partial charge in [-0.25, -0.2) is 8.78 Å². The largest absolute Gasteiger partial charge is 0.479 e. The lowest BCUT2D eigenvalue weighted by Crippen LogP contribution is -2.42. The summed E-state index contributed by atoms with van der Waals surface area (Å²) in [6, 6.07) is 2.77. The van der Waals surface area contributed by atoms with E-state index in [9.17, 15) is 22.4 Å². The fourth-order valence-electron chi connectivity index (χ4n) is 3.59. The van der Waals surface area contributed by atoms with Crippen LogP contribution in [0.3, 0.4) is 0 Å². The molecule has 0 radical (unpaired) electrons. The third-order valence-corrected chi connectivity index (χ3v) is 5.38. The molecule has 2 rings (SSSR count). The van der Waals surface area contributed by atoms with Gasteiger partial charge in [0.1, 0.15) is 12.4 Å². The third kappa shape index (κ3) is 8.34. The summed E-state index contributed by atoms with van der Waals surface area (Å²) in [6.45, 7) is 8.40. The summed E-state index contributed by atoms with van der Waals surface area (Å²) >= 11 is 0. The summed E-state index contributed by atoms with van der Waals surface area (Å²) in [4.78, 5) is 14.9. The van der Waals surface area contributed by atoms with Crippen LogP contribution < -0.4 is 10.1 Å². The molecule has 190 valence electrons. The normalized spacial score (nSPS) is 12.2. The number of nitrogens with one attached hydrogen (secondary N) is 1. The minimum absolute atomic E-state index is 0.000308. The Kier molecular flexibility index (Phi) is 11.4. The number of nitrogens with zero attached hydrogens (tertiary/aromatic N) is 1. The highest BCUT2D eigenvalue weighted by molar-refractivity contribution is 5.91. The highest BCUT2D eigenvalue weighted by Gasteiger charge is 2.22. The molecule has 0 fully saturated rings. The van der Waals surface area contributed by atoms with Gasteiger partial charge in [-0.05, 0) is 45.0 Å². The van der Waals surface area contributed by atoms with Gasteiger partial charge in [-0.2, -0.15) is 8.78 Å². The SMILES string of the molecule is CCCCCN(CCCCC)CC(C)NC(=O)c1ccc(COc2c(F)c(F)cc(F)c2F)o1. The maximum absolute atomic E-state index is 13.7. The van der Waals surface area contributed by atoms with Crippen molar-refractivity contribution >= 4 is 5.91 Å². The van der Waals surface area contributed by atoms with Crippen molar-refractivity contribution in [3.63, 3.8) is 0 Å². The van der Waals surface area contributed by atoms with Crippen LogP contribution in [-0.4, -0.2) is 36.5 Å². The summed E-state index contributed by atoms with van der Waals surface area (Å²) in [5, 5.41) is 2.89. The first-order chi connectivity index (χ1) is 16.3. The highest BCUT2D eigenvalue weighted by Crippen LogP contribution is 2.27. The summed E-state index contributed by atoms with van der Waals surface area (Å²) in [5.74, 6) is -7.96. The van der Waals surface area contributed by atoms with Gasteiger partial charge >= 0.3 is 0 Å². The number of carbonyl (C=O) groups excluding carboxylic acids is 1. The number of halogens is 4. The van der Waals surface area contributed by atoms with E-state index in [0.29, 0.717) is 6.54 Å². The number of ether oxygens (including phenoxy) is 1. The molecule has 0 bridgehead atoms. The van der Waals surface area contributed by atoms with Crippen molar-refractivity contribution in [2.45, 2.75) is 71.9 Å². The summed E-state index contributed by atoms with van der Waals surface area (Å²) in [5.41, 5.74) is 0. The number of hydrogen-bond acceptors (Lipinski definition) is 4. The van der Waals surface area contributed by atoms with Crippen LogP contribution in [0.2, 0.25) is 0 Å². The predicted octanol–water partition coefficient (Wildman–Crippen LogP) is 6.22. The highest BCUT2D eigenvalue weighted by atomic mass is 19.2. The van der Waals surface area contributed by atoms with Crippen LogP contribution in [0.25, 0.3) is 0 Å². The number of rotatable bonds is 15. The smallest absolute Gasteiger partial charge is 0.287 e. The molecule has 1 unspecified atom stereocenters. The Bertz CT molecular complexity index is 884. The number of furan rings is 1. The van der Waals surface area contributed by atoms with Crippen molar-refractivity contribution in [1.82, 2.24) is 10.2 Å². The first-order valence-electron chi connectivity index (χ1n) is 11.8. The second kappa shape index (κ2) is 14.0. The van der Waals surface area contributed by atoms with E-state index in [1.165, 1.54) is 25.0 Å². The molecule has 1 aromatic heterocycles. The minimum Gasteiger partial charge on any atom is -0.479 e. The van der Waals surface area contributed by atoms with Crippen LogP contribution in [0.5, 0.6) is 5.75 Å². The first kappa shape index (κ1) is 27.7. The number of benzene rings is 1. The molecule has 1 aromatic carbocycles. The Labute approximate surface area is 198 Å². The Morgan fingerprint density at radius 2 is 1.59 bits per heavy atom.